The van der Waals surface area contributed by atoms with Gasteiger partial charge in [0.1, 0.15) is 0 Å². The number of hydrogen-bond acceptors (Lipinski definition) is 2. The Hall–Kier alpha value is -0.770. The van der Waals surface area contributed by atoms with E-state index < -0.39 is 6.10 Å². The van der Waals surface area contributed by atoms with Crippen molar-refractivity contribution in [2.24, 2.45) is 0 Å². The van der Waals surface area contributed by atoms with E-state index in [9.17, 15) is 9.90 Å². The molecule has 0 aromatic heterocycles. The molecule has 1 aromatic rings. The van der Waals surface area contributed by atoms with Gasteiger partial charge in [0, 0.05) is 10.0 Å². The van der Waals surface area contributed by atoms with Gasteiger partial charge in [-0.2, -0.15) is 0 Å². The Labute approximate surface area is 122 Å². The number of aliphatic hydroxyl groups is 1. The number of aliphatic hydroxyl groups excluding tert-OH is 1. The van der Waals surface area contributed by atoms with Crippen LogP contribution in [-0.4, -0.2) is 23.2 Å². The summed E-state index contributed by atoms with van der Waals surface area (Å²) >= 11 is 11.8. The summed E-state index contributed by atoms with van der Waals surface area (Å²) in [4.78, 5) is 11.9. The van der Waals surface area contributed by atoms with Crippen molar-refractivity contribution in [1.29, 1.82) is 0 Å². The highest BCUT2D eigenvalue weighted by atomic mass is 35.5. The van der Waals surface area contributed by atoms with Crippen LogP contribution in [0.5, 0.6) is 0 Å². The summed E-state index contributed by atoms with van der Waals surface area (Å²) in [5.41, 5.74) is 0.744. The Bertz CT molecular complexity index is 465. The summed E-state index contributed by atoms with van der Waals surface area (Å²) in [5.74, 6) is -0.116. The van der Waals surface area contributed by atoms with E-state index in [0.717, 1.165) is 31.2 Å². The summed E-state index contributed by atoms with van der Waals surface area (Å²) in [7, 11) is 0. The van der Waals surface area contributed by atoms with Gasteiger partial charge in [0.2, 0.25) is 5.91 Å². The third-order valence-electron chi connectivity index (χ3n) is 3.44. The molecular formula is C14H17Cl2NO2. The highest BCUT2D eigenvalue weighted by Gasteiger charge is 2.24. The Morgan fingerprint density at radius 3 is 2.74 bits per heavy atom. The Balaban J connectivity index is 1.93. The fraction of sp³-hybridized carbons (Fsp3) is 0.500. The molecule has 1 fully saturated rings. The van der Waals surface area contributed by atoms with Crippen LogP contribution in [0.1, 0.15) is 31.2 Å². The van der Waals surface area contributed by atoms with Crippen molar-refractivity contribution in [2.75, 3.05) is 0 Å². The number of rotatable bonds is 3. The second-order valence-corrected chi connectivity index (χ2v) is 5.78. The molecule has 0 saturated heterocycles. The van der Waals surface area contributed by atoms with E-state index in [0.29, 0.717) is 10.0 Å². The molecule has 2 atom stereocenters. The molecule has 2 unspecified atom stereocenters. The maximum atomic E-state index is 11.9. The minimum absolute atomic E-state index is 0.116. The lowest BCUT2D eigenvalue weighted by molar-refractivity contribution is -0.122. The molecule has 5 heteroatoms. The lowest BCUT2D eigenvalue weighted by atomic mass is 9.92. The van der Waals surface area contributed by atoms with Crippen LogP contribution >= 0.6 is 23.2 Å². The summed E-state index contributed by atoms with van der Waals surface area (Å²) in [6, 6.07) is 4.96. The van der Waals surface area contributed by atoms with Crippen molar-refractivity contribution in [2.45, 2.75) is 44.2 Å². The van der Waals surface area contributed by atoms with Crippen LogP contribution in [-0.2, 0) is 11.2 Å². The van der Waals surface area contributed by atoms with Crippen molar-refractivity contribution in [3.63, 3.8) is 0 Å². The number of amides is 1. The Morgan fingerprint density at radius 1 is 1.32 bits per heavy atom. The van der Waals surface area contributed by atoms with E-state index in [1.807, 2.05) is 0 Å². The molecule has 0 bridgehead atoms. The Morgan fingerprint density at radius 2 is 2.05 bits per heavy atom. The molecule has 2 N–H and O–H groups in total. The summed E-state index contributed by atoms with van der Waals surface area (Å²) in [6.07, 6.45) is 3.44. The van der Waals surface area contributed by atoms with Crippen molar-refractivity contribution >= 4 is 29.1 Å². The van der Waals surface area contributed by atoms with Crippen LogP contribution in [0.2, 0.25) is 10.0 Å². The lowest BCUT2D eigenvalue weighted by Gasteiger charge is -2.28. The largest absolute Gasteiger partial charge is 0.391 e. The number of benzene rings is 1. The van der Waals surface area contributed by atoms with Crippen LogP contribution in [0, 0.1) is 0 Å². The van der Waals surface area contributed by atoms with Crippen molar-refractivity contribution in [1.82, 2.24) is 5.32 Å². The van der Waals surface area contributed by atoms with Gasteiger partial charge in [-0.3, -0.25) is 4.79 Å². The van der Waals surface area contributed by atoms with Crippen molar-refractivity contribution in [3.05, 3.63) is 33.8 Å². The fourth-order valence-electron chi connectivity index (χ4n) is 2.38. The lowest BCUT2D eigenvalue weighted by Crippen LogP contribution is -2.45. The van der Waals surface area contributed by atoms with E-state index in [1.165, 1.54) is 0 Å². The monoisotopic (exact) mass is 301 g/mol. The van der Waals surface area contributed by atoms with Crippen molar-refractivity contribution < 1.29 is 9.90 Å². The molecule has 2 rings (SSSR count). The van der Waals surface area contributed by atoms with Gasteiger partial charge in [0.05, 0.1) is 18.6 Å². The molecule has 0 radical (unpaired) electrons. The normalized spacial score (nSPS) is 23.1. The third-order valence-corrected chi connectivity index (χ3v) is 4.03. The topological polar surface area (TPSA) is 49.3 Å². The van der Waals surface area contributed by atoms with Crippen LogP contribution < -0.4 is 5.32 Å². The van der Waals surface area contributed by atoms with Crippen LogP contribution in [0.25, 0.3) is 0 Å². The molecule has 1 saturated carbocycles. The molecule has 1 aliphatic rings. The number of carbonyl (C=O) groups is 1. The molecule has 0 aliphatic heterocycles. The number of halogens is 2. The van der Waals surface area contributed by atoms with Gasteiger partial charge >= 0.3 is 0 Å². The molecule has 0 spiro atoms. The molecule has 1 amide bonds. The molecular weight excluding hydrogens is 285 g/mol. The Kier molecular flexibility index (Phi) is 5.08. The van der Waals surface area contributed by atoms with E-state index in [4.69, 9.17) is 23.2 Å². The highest BCUT2D eigenvalue weighted by molar-refractivity contribution is 6.35. The SMILES string of the molecule is O=C(Cc1ccc(Cl)cc1Cl)NC1CCCCC1O. The average Bonchev–Trinajstić information content (AvgIpc) is 2.36. The molecule has 1 aliphatic carbocycles. The summed E-state index contributed by atoms with van der Waals surface area (Å²) in [6.45, 7) is 0. The van der Waals surface area contributed by atoms with Crippen LogP contribution in [0.15, 0.2) is 18.2 Å². The van der Waals surface area contributed by atoms with Gasteiger partial charge in [-0.15, -0.1) is 0 Å². The van der Waals surface area contributed by atoms with Crippen LogP contribution in [0.3, 0.4) is 0 Å². The first kappa shape index (κ1) is 14.6. The number of hydrogen-bond donors (Lipinski definition) is 2. The third kappa shape index (κ3) is 4.10. The maximum absolute atomic E-state index is 11.9. The molecule has 104 valence electrons. The average molecular weight is 302 g/mol. The van der Waals surface area contributed by atoms with Gasteiger partial charge in [-0.25, -0.2) is 0 Å². The van der Waals surface area contributed by atoms with Crippen molar-refractivity contribution in [3.8, 4) is 0 Å². The minimum Gasteiger partial charge on any atom is -0.391 e. The van der Waals surface area contributed by atoms with E-state index in [2.05, 4.69) is 5.32 Å². The van der Waals surface area contributed by atoms with Gasteiger partial charge in [-0.1, -0.05) is 42.1 Å². The first-order valence-corrected chi connectivity index (χ1v) is 7.23. The smallest absolute Gasteiger partial charge is 0.224 e. The fourth-order valence-corrected chi connectivity index (χ4v) is 2.85. The van der Waals surface area contributed by atoms with Gasteiger partial charge < -0.3 is 10.4 Å². The summed E-state index contributed by atoms with van der Waals surface area (Å²) in [5, 5.41) is 13.7. The van der Waals surface area contributed by atoms with E-state index in [1.54, 1.807) is 18.2 Å². The standard InChI is InChI=1S/C14H17Cl2NO2/c15-10-6-5-9(11(16)8-10)7-14(19)17-12-3-1-2-4-13(12)18/h5-6,8,12-13,18H,1-4,7H2,(H,17,19). The number of nitrogens with one attached hydrogen (secondary N) is 1. The predicted octanol–water partition coefficient (Wildman–Crippen LogP) is 2.96. The predicted molar refractivity (Wildman–Crippen MR) is 76.6 cm³/mol. The molecule has 3 nitrogen and oxygen atoms in total. The highest BCUT2D eigenvalue weighted by Crippen LogP contribution is 2.22. The first-order valence-electron chi connectivity index (χ1n) is 6.47. The number of carbonyl (C=O) groups excluding carboxylic acids is 1. The van der Waals surface area contributed by atoms with Gasteiger partial charge in [0.15, 0.2) is 0 Å². The van der Waals surface area contributed by atoms with E-state index >= 15 is 0 Å². The quantitative estimate of drug-likeness (QED) is 0.902. The van der Waals surface area contributed by atoms with Gasteiger partial charge in [0.25, 0.3) is 0 Å². The summed E-state index contributed by atoms with van der Waals surface area (Å²) < 4.78 is 0. The molecule has 1 aromatic carbocycles. The van der Waals surface area contributed by atoms with Gasteiger partial charge in [-0.05, 0) is 30.5 Å². The zero-order valence-electron chi connectivity index (χ0n) is 10.5. The second-order valence-electron chi connectivity index (χ2n) is 4.94. The maximum Gasteiger partial charge on any atom is 0.224 e. The van der Waals surface area contributed by atoms with Crippen LogP contribution in [0.4, 0.5) is 0 Å². The molecule has 0 heterocycles. The van der Waals surface area contributed by atoms with E-state index in [-0.39, 0.29) is 18.4 Å². The zero-order valence-corrected chi connectivity index (χ0v) is 12.0. The first-order chi connectivity index (χ1) is 9.06. The minimum atomic E-state index is -0.432. The zero-order chi connectivity index (χ0) is 13.8. The second kappa shape index (κ2) is 6.60. The molecule has 19 heavy (non-hydrogen) atoms.